The molecule has 0 aliphatic carbocycles. The number of furan rings is 1. The molecule has 0 radical (unpaired) electrons. The molecule has 1 N–H and O–H groups in total. The molecule has 150 valence electrons. The van der Waals surface area contributed by atoms with E-state index >= 15 is 0 Å². The predicted molar refractivity (Wildman–Crippen MR) is 110 cm³/mol. The lowest BCUT2D eigenvalue weighted by molar-refractivity contribution is 0.0526. The van der Waals surface area contributed by atoms with Crippen molar-refractivity contribution >= 4 is 18.1 Å². The highest BCUT2D eigenvalue weighted by Crippen LogP contribution is 2.23. The highest BCUT2D eigenvalue weighted by molar-refractivity contribution is 5.94. The molecule has 0 saturated heterocycles. The van der Waals surface area contributed by atoms with Crippen LogP contribution in [-0.4, -0.2) is 29.3 Å². The first-order valence-electron chi connectivity index (χ1n) is 9.27. The largest absolute Gasteiger partial charge is 0.462 e. The highest BCUT2D eigenvalue weighted by Gasteiger charge is 2.17. The van der Waals surface area contributed by atoms with Gasteiger partial charge >= 0.3 is 11.9 Å². The summed E-state index contributed by atoms with van der Waals surface area (Å²) in [4.78, 5) is 24.4. The second kappa shape index (κ2) is 8.60. The number of hydrazone groups is 1. The number of aryl methyl sites for hydroxylation is 2. The Morgan fingerprint density at radius 1 is 1.17 bits per heavy atom. The van der Waals surface area contributed by atoms with Crippen molar-refractivity contribution in [3.05, 3.63) is 76.5 Å². The fourth-order valence-electron chi connectivity index (χ4n) is 3.11. The number of carbonyl (C=O) groups excluding carboxylic acids is 2. The monoisotopic (exact) mass is 393 g/mol. The van der Waals surface area contributed by atoms with E-state index in [1.54, 1.807) is 44.3 Å². The zero-order chi connectivity index (χ0) is 21.0. The third kappa shape index (κ3) is 4.29. The third-order valence-corrected chi connectivity index (χ3v) is 4.44. The third-order valence-electron chi connectivity index (χ3n) is 4.44. The molecule has 0 unspecified atom stereocenters. The number of hydrogen-bond acceptors (Lipinski definition) is 5. The van der Waals surface area contributed by atoms with Gasteiger partial charge in [-0.3, -0.25) is 4.79 Å². The molecule has 3 aromatic rings. The predicted octanol–water partition coefficient (Wildman–Crippen LogP) is 3.94. The molecule has 0 aliphatic heterocycles. The van der Waals surface area contributed by atoms with Gasteiger partial charge in [-0.05, 0) is 58.0 Å². The number of nitrogens with one attached hydrogen (secondary N) is 1. The fraction of sp³-hybridized carbons (Fsp3) is 0.227. The van der Waals surface area contributed by atoms with Gasteiger partial charge in [-0.1, -0.05) is 12.1 Å². The number of esters is 1. The first kappa shape index (κ1) is 20.1. The lowest BCUT2D eigenvalue weighted by atomic mass is 10.1. The van der Waals surface area contributed by atoms with Crippen LogP contribution in [-0.2, 0) is 4.74 Å². The van der Waals surface area contributed by atoms with Crippen molar-refractivity contribution in [3.63, 3.8) is 0 Å². The molecule has 1 aromatic carbocycles. The number of hydrogen-bond donors (Lipinski definition) is 1. The Morgan fingerprint density at radius 3 is 2.62 bits per heavy atom. The van der Waals surface area contributed by atoms with Crippen LogP contribution in [0.4, 0.5) is 0 Å². The van der Waals surface area contributed by atoms with Crippen LogP contribution in [0.3, 0.4) is 0 Å². The Kier molecular flexibility index (Phi) is 5.97. The minimum Gasteiger partial charge on any atom is -0.462 e. The number of nitrogens with zero attached hydrogens (tertiary/aromatic N) is 2. The molecule has 2 aromatic heterocycles. The minimum atomic E-state index is -0.421. The Hall–Kier alpha value is -3.61. The molecule has 7 nitrogen and oxygen atoms in total. The summed E-state index contributed by atoms with van der Waals surface area (Å²) in [6.07, 6.45) is 1.57. The van der Waals surface area contributed by atoms with E-state index in [0.717, 1.165) is 22.6 Å². The number of rotatable bonds is 6. The molecular formula is C22H23N3O4. The normalized spacial score (nSPS) is 11.0. The molecular weight excluding hydrogens is 370 g/mol. The molecule has 0 aliphatic rings. The summed E-state index contributed by atoms with van der Waals surface area (Å²) in [6, 6.07) is 12.5. The standard InChI is InChI=1S/C22H23N3O4/c1-5-28-22(27)18-8-6-7-9-19(18)25-14(2)12-17(16(25)4)13-23-24-21(26)20-11-10-15(3)29-20/h6-13H,5H2,1-4H3,(H,24,26)/b23-13-. The number of benzene rings is 1. The maximum atomic E-state index is 12.3. The molecule has 0 fully saturated rings. The van der Waals surface area contributed by atoms with Crippen LogP contribution in [0.25, 0.3) is 5.69 Å². The first-order chi connectivity index (χ1) is 13.9. The van der Waals surface area contributed by atoms with Crippen LogP contribution in [0.2, 0.25) is 0 Å². The lowest BCUT2D eigenvalue weighted by Gasteiger charge is -2.14. The van der Waals surface area contributed by atoms with Crippen molar-refractivity contribution in [1.29, 1.82) is 0 Å². The smallest absolute Gasteiger partial charge is 0.340 e. The van der Waals surface area contributed by atoms with Crippen LogP contribution in [0.5, 0.6) is 0 Å². The van der Waals surface area contributed by atoms with Crippen LogP contribution in [0, 0.1) is 20.8 Å². The number of amides is 1. The number of para-hydroxylation sites is 1. The number of carbonyl (C=O) groups is 2. The van der Waals surface area contributed by atoms with Crippen LogP contribution < -0.4 is 5.43 Å². The topological polar surface area (TPSA) is 85.8 Å². The molecule has 2 heterocycles. The summed E-state index contributed by atoms with van der Waals surface area (Å²) in [6.45, 7) is 7.72. The zero-order valence-electron chi connectivity index (χ0n) is 16.9. The Labute approximate surface area is 169 Å². The molecule has 29 heavy (non-hydrogen) atoms. The van der Waals surface area contributed by atoms with Crippen LogP contribution >= 0.6 is 0 Å². The van der Waals surface area contributed by atoms with E-state index < -0.39 is 5.91 Å². The second-order valence-corrected chi connectivity index (χ2v) is 6.51. The maximum absolute atomic E-state index is 12.3. The van der Waals surface area contributed by atoms with Crippen molar-refractivity contribution in [2.45, 2.75) is 27.7 Å². The van der Waals surface area contributed by atoms with Gasteiger partial charge in [-0.2, -0.15) is 5.10 Å². The van der Waals surface area contributed by atoms with Crippen molar-refractivity contribution in [1.82, 2.24) is 9.99 Å². The van der Waals surface area contributed by atoms with Crippen molar-refractivity contribution in [2.75, 3.05) is 6.61 Å². The van der Waals surface area contributed by atoms with Gasteiger partial charge in [0.1, 0.15) is 5.76 Å². The molecule has 0 bridgehead atoms. The molecule has 7 heteroatoms. The summed E-state index contributed by atoms with van der Waals surface area (Å²) in [5, 5.41) is 4.03. The van der Waals surface area contributed by atoms with E-state index in [9.17, 15) is 9.59 Å². The maximum Gasteiger partial charge on any atom is 0.340 e. The molecule has 0 spiro atoms. The van der Waals surface area contributed by atoms with Gasteiger partial charge in [0.05, 0.1) is 24.1 Å². The molecule has 0 atom stereocenters. The quantitative estimate of drug-likeness (QED) is 0.390. The van der Waals surface area contributed by atoms with E-state index in [-0.39, 0.29) is 11.7 Å². The number of aromatic nitrogens is 1. The Morgan fingerprint density at radius 2 is 1.93 bits per heavy atom. The van der Waals surface area contributed by atoms with Crippen molar-refractivity contribution < 1.29 is 18.7 Å². The van der Waals surface area contributed by atoms with E-state index in [1.165, 1.54) is 0 Å². The molecule has 0 saturated carbocycles. The second-order valence-electron chi connectivity index (χ2n) is 6.51. The van der Waals surface area contributed by atoms with Crippen LogP contribution in [0.1, 0.15) is 50.5 Å². The summed E-state index contributed by atoms with van der Waals surface area (Å²) in [5.41, 5.74) is 6.30. The van der Waals surface area contributed by atoms with Gasteiger partial charge in [0.25, 0.3) is 0 Å². The fourth-order valence-corrected chi connectivity index (χ4v) is 3.11. The summed E-state index contributed by atoms with van der Waals surface area (Å²) >= 11 is 0. The summed E-state index contributed by atoms with van der Waals surface area (Å²) in [7, 11) is 0. The van der Waals surface area contributed by atoms with Crippen molar-refractivity contribution in [3.8, 4) is 5.69 Å². The number of ether oxygens (including phenoxy) is 1. The summed E-state index contributed by atoms with van der Waals surface area (Å²) < 4.78 is 12.4. The Balaban J connectivity index is 1.86. The van der Waals surface area contributed by atoms with Gasteiger partial charge in [0.2, 0.25) is 0 Å². The van der Waals surface area contributed by atoms with Crippen molar-refractivity contribution in [2.24, 2.45) is 5.10 Å². The Bertz CT molecular complexity index is 1080. The highest BCUT2D eigenvalue weighted by atomic mass is 16.5. The molecule has 3 rings (SSSR count). The van der Waals surface area contributed by atoms with Gasteiger partial charge in [0.15, 0.2) is 5.76 Å². The van der Waals surface area contributed by atoms with Crippen LogP contribution in [0.15, 0.2) is 52.0 Å². The zero-order valence-corrected chi connectivity index (χ0v) is 16.9. The van der Waals surface area contributed by atoms with E-state index in [4.69, 9.17) is 9.15 Å². The van der Waals surface area contributed by atoms with E-state index in [1.807, 2.05) is 36.6 Å². The van der Waals surface area contributed by atoms with Gasteiger partial charge in [-0.25, -0.2) is 10.2 Å². The van der Waals surface area contributed by atoms with E-state index in [0.29, 0.717) is 17.9 Å². The average Bonchev–Trinajstić information content (AvgIpc) is 3.25. The van der Waals surface area contributed by atoms with E-state index in [2.05, 4.69) is 10.5 Å². The van der Waals surface area contributed by atoms with Gasteiger partial charge < -0.3 is 13.7 Å². The molecule has 1 amide bonds. The van der Waals surface area contributed by atoms with Gasteiger partial charge in [-0.15, -0.1) is 0 Å². The summed E-state index contributed by atoms with van der Waals surface area (Å²) in [5.74, 6) is 0.0686. The SMILES string of the molecule is CCOC(=O)c1ccccc1-n1c(C)cc(/C=N\NC(=O)c2ccc(C)o2)c1C. The minimum absolute atomic E-state index is 0.202. The lowest BCUT2D eigenvalue weighted by Crippen LogP contribution is -2.16. The average molecular weight is 393 g/mol. The first-order valence-corrected chi connectivity index (χ1v) is 9.27. The van der Waals surface area contributed by atoms with Gasteiger partial charge in [0, 0.05) is 17.0 Å².